The Morgan fingerprint density at radius 1 is 1.25 bits per heavy atom. The summed E-state index contributed by atoms with van der Waals surface area (Å²) in [5, 5.41) is 15.9. The second-order valence-corrected chi connectivity index (χ2v) is 3.76. The van der Waals surface area contributed by atoms with Crippen LogP contribution in [-0.4, -0.2) is 29.3 Å². The summed E-state index contributed by atoms with van der Waals surface area (Å²) in [6.45, 7) is 5.51. The normalized spacial score (nSPS) is 12.2. The molecule has 1 atom stereocenters. The van der Waals surface area contributed by atoms with E-state index in [1.165, 1.54) is 0 Å². The minimum Gasteiger partial charge on any atom is -0.391 e. The van der Waals surface area contributed by atoms with Gasteiger partial charge in [-0.15, -0.1) is 0 Å². The van der Waals surface area contributed by atoms with Gasteiger partial charge in [0.05, 0.1) is 6.10 Å². The lowest BCUT2D eigenvalue weighted by Gasteiger charge is -2.12. The molecule has 0 fully saturated rings. The molecule has 0 aromatic carbocycles. The third kappa shape index (κ3) is 4.49. The number of aromatic nitrogens is 1. The van der Waals surface area contributed by atoms with Crippen molar-refractivity contribution in [2.45, 2.75) is 32.8 Å². The summed E-state index contributed by atoms with van der Waals surface area (Å²) in [4.78, 5) is 4.36. The van der Waals surface area contributed by atoms with Gasteiger partial charge in [0.25, 0.3) is 0 Å². The van der Waals surface area contributed by atoms with Gasteiger partial charge in [0.15, 0.2) is 0 Å². The lowest BCUT2D eigenvalue weighted by Crippen LogP contribution is -2.19. The fraction of sp³-hybridized carbons (Fsp3) is 0.583. The molecule has 1 aromatic heterocycles. The number of nitrogens with one attached hydrogen (secondary N) is 2. The van der Waals surface area contributed by atoms with E-state index in [0.717, 1.165) is 31.0 Å². The van der Waals surface area contributed by atoms with Crippen molar-refractivity contribution in [3.05, 3.63) is 18.2 Å². The smallest absolute Gasteiger partial charge is 0.128 e. The number of hydrogen-bond acceptors (Lipinski definition) is 4. The van der Waals surface area contributed by atoms with Crippen LogP contribution in [0.3, 0.4) is 0 Å². The highest BCUT2D eigenvalue weighted by Gasteiger charge is 2.02. The van der Waals surface area contributed by atoms with Crippen molar-refractivity contribution in [1.82, 2.24) is 4.98 Å². The first kappa shape index (κ1) is 12.8. The summed E-state index contributed by atoms with van der Waals surface area (Å²) in [6, 6.07) is 5.77. The van der Waals surface area contributed by atoms with Crippen LogP contribution < -0.4 is 10.6 Å². The summed E-state index contributed by atoms with van der Waals surface area (Å²) in [7, 11) is 0. The van der Waals surface area contributed by atoms with E-state index in [1.54, 1.807) is 0 Å². The maximum absolute atomic E-state index is 9.58. The Bertz CT molecular complexity index is 304. The van der Waals surface area contributed by atoms with E-state index < -0.39 is 0 Å². The molecule has 0 bridgehead atoms. The molecule has 1 unspecified atom stereocenters. The lowest BCUT2D eigenvalue weighted by molar-refractivity contribution is 0.176. The first-order valence-electron chi connectivity index (χ1n) is 5.89. The number of aliphatic hydroxyl groups excluding tert-OH is 1. The lowest BCUT2D eigenvalue weighted by atomic mass is 10.2. The predicted octanol–water partition coefficient (Wildman–Crippen LogP) is 2.09. The molecule has 90 valence electrons. The van der Waals surface area contributed by atoms with Crippen LogP contribution >= 0.6 is 0 Å². The zero-order chi connectivity index (χ0) is 11.8. The third-order valence-corrected chi connectivity index (χ3v) is 2.25. The number of anilines is 2. The Hall–Kier alpha value is -1.29. The third-order valence-electron chi connectivity index (χ3n) is 2.25. The van der Waals surface area contributed by atoms with Gasteiger partial charge in [0.1, 0.15) is 11.6 Å². The monoisotopic (exact) mass is 223 g/mol. The van der Waals surface area contributed by atoms with Gasteiger partial charge in [-0.1, -0.05) is 19.4 Å². The number of hydrogen-bond donors (Lipinski definition) is 3. The highest BCUT2D eigenvalue weighted by molar-refractivity contribution is 5.44. The van der Waals surface area contributed by atoms with Crippen molar-refractivity contribution < 1.29 is 5.11 Å². The average Bonchev–Trinajstić information content (AvgIpc) is 2.28. The van der Waals surface area contributed by atoms with E-state index in [2.05, 4.69) is 22.5 Å². The maximum atomic E-state index is 9.58. The summed E-state index contributed by atoms with van der Waals surface area (Å²) in [5.41, 5.74) is 0. The van der Waals surface area contributed by atoms with Crippen molar-refractivity contribution in [3.63, 3.8) is 0 Å². The van der Waals surface area contributed by atoms with Gasteiger partial charge in [-0.05, 0) is 25.5 Å². The van der Waals surface area contributed by atoms with Gasteiger partial charge in [0.2, 0.25) is 0 Å². The van der Waals surface area contributed by atoms with E-state index >= 15 is 0 Å². The van der Waals surface area contributed by atoms with Gasteiger partial charge < -0.3 is 15.7 Å². The Morgan fingerprint density at radius 3 is 2.56 bits per heavy atom. The summed E-state index contributed by atoms with van der Waals surface area (Å²) >= 11 is 0. The van der Waals surface area contributed by atoms with Gasteiger partial charge in [-0.2, -0.15) is 0 Å². The molecule has 4 nitrogen and oxygen atoms in total. The van der Waals surface area contributed by atoms with E-state index in [-0.39, 0.29) is 6.10 Å². The molecule has 0 amide bonds. The topological polar surface area (TPSA) is 57.2 Å². The number of nitrogens with zero attached hydrogens (tertiary/aromatic N) is 1. The molecule has 0 aliphatic rings. The number of pyridine rings is 1. The first-order chi connectivity index (χ1) is 7.76. The highest BCUT2D eigenvalue weighted by Crippen LogP contribution is 2.09. The van der Waals surface area contributed by atoms with Crippen LogP contribution in [0.25, 0.3) is 0 Å². The van der Waals surface area contributed by atoms with E-state index in [0.29, 0.717) is 6.54 Å². The van der Waals surface area contributed by atoms with Crippen molar-refractivity contribution in [2.24, 2.45) is 0 Å². The van der Waals surface area contributed by atoms with Crippen molar-refractivity contribution in [2.75, 3.05) is 23.7 Å². The summed E-state index contributed by atoms with van der Waals surface area (Å²) < 4.78 is 0. The number of rotatable bonds is 7. The van der Waals surface area contributed by atoms with E-state index in [9.17, 15) is 5.11 Å². The summed E-state index contributed by atoms with van der Waals surface area (Å²) in [5.74, 6) is 1.66. The fourth-order valence-electron chi connectivity index (χ4n) is 1.47. The van der Waals surface area contributed by atoms with E-state index in [1.807, 2.05) is 25.1 Å². The fourth-order valence-corrected chi connectivity index (χ4v) is 1.47. The van der Waals surface area contributed by atoms with Crippen LogP contribution in [0.15, 0.2) is 18.2 Å². The van der Waals surface area contributed by atoms with Crippen LogP contribution in [0.4, 0.5) is 11.6 Å². The molecule has 4 heteroatoms. The molecule has 0 spiro atoms. The Morgan fingerprint density at radius 2 is 1.94 bits per heavy atom. The number of aliphatic hydroxyl groups is 1. The Kier molecular flexibility index (Phi) is 5.64. The van der Waals surface area contributed by atoms with Crippen LogP contribution in [0, 0.1) is 0 Å². The average molecular weight is 223 g/mol. The molecule has 1 heterocycles. The summed E-state index contributed by atoms with van der Waals surface area (Å²) in [6.07, 6.45) is 1.52. The molecular formula is C12H21N3O. The quantitative estimate of drug-likeness (QED) is 0.662. The second kappa shape index (κ2) is 7.06. The van der Waals surface area contributed by atoms with Crippen LogP contribution in [0.5, 0.6) is 0 Å². The van der Waals surface area contributed by atoms with Crippen molar-refractivity contribution >= 4 is 11.6 Å². The standard InChI is InChI=1S/C12H21N3O/c1-3-6-10(16)9-14-12-8-5-7-11(15-12)13-4-2/h5,7-8,10,16H,3-4,6,9H2,1-2H3,(H2,13,14,15). The van der Waals surface area contributed by atoms with Crippen LogP contribution in [0.2, 0.25) is 0 Å². The zero-order valence-corrected chi connectivity index (χ0v) is 10.0. The molecule has 0 aliphatic carbocycles. The van der Waals surface area contributed by atoms with Crippen LogP contribution in [-0.2, 0) is 0 Å². The molecule has 0 saturated carbocycles. The van der Waals surface area contributed by atoms with Crippen molar-refractivity contribution in [3.8, 4) is 0 Å². The second-order valence-electron chi connectivity index (χ2n) is 3.76. The Balaban J connectivity index is 2.44. The zero-order valence-electron chi connectivity index (χ0n) is 10.0. The van der Waals surface area contributed by atoms with Gasteiger partial charge >= 0.3 is 0 Å². The van der Waals surface area contributed by atoms with E-state index in [4.69, 9.17) is 0 Å². The SMILES string of the molecule is CCCC(O)CNc1cccc(NCC)n1. The Labute approximate surface area is 97.1 Å². The highest BCUT2D eigenvalue weighted by atomic mass is 16.3. The first-order valence-corrected chi connectivity index (χ1v) is 5.89. The molecule has 0 aliphatic heterocycles. The maximum Gasteiger partial charge on any atom is 0.128 e. The van der Waals surface area contributed by atoms with Crippen LogP contribution in [0.1, 0.15) is 26.7 Å². The molecule has 0 radical (unpaired) electrons. The molecule has 1 aromatic rings. The molecule has 16 heavy (non-hydrogen) atoms. The molecule has 1 rings (SSSR count). The van der Waals surface area contributed by atoms with Gasteiger partial charge in [-0.3, -0.25) is 0 Å². The minimum absolute atomic E-state index is 0.297. The molecular weight excluding hydrogens is 202 g/mol. The van der Waals surface area contributed by atoms with Crippen molar-refractivity contribution in [1.29, 1.82) is 0 Å². The van der Waals surface area contributed by atoms with Gasteiger partial charge in [0, 0.05) is 13.1 Å². The predicted molar refractivity (Wildman–Crippen MR) is 67.8 cm³/mol. The van der Waals surface area contributed by atoms with Gasteiger partial charge in [-0.25, -0.2) is 4.98 Å². The minimum atomic E-state index is -0.297. The molecule has 0 saturated heterocycles. The molecule has 3 N–H and O–H groups in total. The largest absolute Gasteiger partial charge is 0.391 e.